The van der Waals surface area contributed by atoms with E-state index in [-0.39, 0.29) is 18.3 Å². The van der Waals surface area contributed by atoms with Crippen LogP contribution in [0.4, 0.5) is 0 Å². The van der Waals surface area contributed by atoms with Gasteiger partial charge < -0.3 is 20.1 Å². The first-order valence-corrected chi connectivity index (χ1v) is 7.22. The summed E-state index contributed by atoms with van der Waals surface area (Å²) in [5, 5.41) is 0. The molecule has 1 aromatic rings. The first-order valence-electron chi connectivity index (χ1n) is 7.22. The Kier molecular flexibility index (Phi) is 8.90. The van der Waals surface area contributed by atoms with Crippen LogP contribution in [0.15, 0.2) is 24.3 Å². The number of hydrogen-bond acceptors (Lipinski definition) is 4. The molecule has 6 heteroatoms. The zero-order valence-corrected chi connectivity index (χ0v) is 14.6. The molecule has 0 aliphatic carbocycles. The molecule has 1 aromatic carbocycles. The van der Waals surface area contributed by atoms with Crippen LogP contribution in [0, 0.1) is 0 Å². The van der Waals surface area contributed by atoms with Crippen LogP contribution >= 0.6 is 12.4 Å². The molecule has 126 valence electrons. The molecule has 0 aliphatic heterocycles. The SMILES string of the molecule is CCCC(C)(N)C(=O)N(C)CCOc1ccc(OC)cc1.Cl. The summed E-state index contributed by atoms with van der Waals surface area (Å²) in [6.07, 6.45) is 1.56. The molecule has 1 unspecified atom stereocenters. The summed E-state index contributed by atoms with van der Waals surface area (Å²) in [4.78, 5) is 13.8. The summed E-state index contributed by atoms with van der Waals surface area (Å²) >= 11 is 0. The number of hydrogen-bond donors (Lipinski definition) is 1. The fourth-order valence-corrected chi connectivity index (χ4v) is 2.14. The van der Waals surface area contributed by atoms with E-state index < -0.39 is 5.54 Å². The summed E-state index contributed by atoms with van der Waals surface area (Å²) in [5.41, 5.74) is 5.24. The molecule has 5 nitrogen and oxygen atoms in total. The standard InChI is InChI=1S/C16H26N2O3.ClH/c1-5-10-16(2,17)15(19)18(3)11-12-21-14-8-6-13(20-4)7-9-14;/h6-9H,5,10-12,17H2,1-4H3;1H. The largest absolute Gasteiger partial charge is 0.497 e. The second kappa shape index (κ2) is 9.54. The average Bonchev–Trinajstić information content (AvgIpc) is 2.47. The molecule has 0 spiro atoms. The average molecular weight is 331 g/mol. The van der Waals surface area contributed by atoms with Crippen LogP contribution in [0.2, 0.25) is 0 Å². The maximum atomic E-state index is 12.2. The lowest BCUT2D eigenvalue weighted by molar-refractivity contribution is -0.135. The third kappa shape index (κ3) is 6.12. The van der Waals surface area contributed by atoms with E-state index in [4.69, 9.17) is 15.2 Å². The zero-order valence-electron chi connectivity index (χ0n) is 13.8. The molecule has 0 fully saturated rings. The maximum absolute atomic E-state index is 12.2. The number of methoxy groups -OCH3 is 1. The maximum Gasteiger partial charge on any atom is 0.242 e. The van der Waals surface area contributed by atoms with Crippen molar-refractivity contribution in [2.24, 2.45) is 5.73 Å². The number of carbonyl (C=O) groups excluding carboxylic acids is 1. The van der Waals surface area contributed by atoms with Crippen molar-refractivity contribution in [3.05, 3.63) is 24.3 Å². The molecular formula is C16H27ClN2O3. The molecule has 0 radical (unpaired) electrons. The van der Waals surface area contributed by atoms with Gasteiger partial charge in [0.05, 0.1) is 19.2 Å². The normalized spacial score (nSPS) is 12.8. The molecule has 0 saturated heterocycles. The number of likely N-dealkylation sites (N-methyl/N-ethyl adjacent to an activating group) is 1. The van der Waals surface area contributed by atoms with Crippen LogP contribution in [0.25, 0.3) is 0 Å². The van der Waals surface area contributed by atoms with Crippen molar-refractivity contribution in [2.75, 3.05) is 27.3 Å². The number of ether oxygens (including phenoxy) is 2. The van der Waals surface area contributed by atoms with Gasteiger partial charge in [0.15, 0.2) is 0 Å². The van der Waals surface area contributed by atoms with E-state index in [1.54, 1.807) is 26.0 Å². The minimum Gasteiger partial charge on any atom is -0.497 e. The van der Waals surface area contributed by atoms with Gasteiger partial charge in [-0.15, -0.1) is 12.4 Å². The van der Waals surface area contributed by atoms with Gasteiger partial charge in [-0.1, -0.05) is 13.3 Å². The van der Waals surface area contributed by atoms with E-state index in [9.17, 15) is 4.79 Å². The molecule has 0 aromatic heterocycles. The fraction of sp³-hybridized carbons (Fsp3) is 0.562. The number of benzene rings is 1. The van der Waals surface area contributed by atoms with E-state index in [2.05, 4.69) is 0 Å². The molecular weight excluding hydrogens is 304 g/mol. The minimum atomic E-state index is -0.802. The third-order valence-electron chi connectivity index (χ3n) is 3.36. The van der Waals surface area contributed by atoms with Crippen LogP contribution in [-0.4, -0.2) is 43.7 Å². The van der Waals surface area contributed by atoms with E-state index >= 15 is 0 Å². The molecule has 0 saturated carbocycles. The number of nitrogens with two attached hydrogens (primary N) is 1. The quantitative estimate of drug-likeness (QED) is 0.795. The Balaban J connectivity index is 0.00000441. The second-order valence-electron chi connectivity index (χ2n) is 5.42. The number of halogens is 1. The Hall–Kier alpha value is -1.46. The molecule has 0 heterocycles. The monoisotopic (exact) mass is 330 g/mol. The van der Waals surface area contributed by atoms with Crippen molar-refractivity contribution in [1.29, 1.82) is 0 Å². The van der Waals surface area contributed by atoms with Gasteiger partial charge in [-0.2, -0.15) is 0 Å². The second-order valence-corrected chi connectivity index (χ2v) is 5.42. The molecule has 22 heavy (non-hydrogen) atoms. The first kappa shape index (κ1) is 20.5. The number of nitrogens with zero attached hydrogens (tertiary/aromatic N) is 1. The van der Waals surface area contributed by atoms with Crippen molar-refractivity contribution < 1.29 is 14.3 Å². The van der Waals surface area contributed by atoms with E-state index in [1.807, 2.05) is 31.2 Å². The lowest BCUT2D eigenvalue weighted by Crippen LogP contribution is -2.52. The van der Waals surface area contributed by atoms with Gasteiger partial charge in [0.25, 0.3) is 0 Å². The Morgan fingerprint density at radius 1 is 1.27 bits per heavy atom. The van der Waals surface area contributed by atoms with Crippen molar-refractivity contribution in [3.8, 4) is 11.5 Å². The van der Waals surface area contributed by atoms with Crippen LogP contribution in [0.1, 0.15) is 26.7 Å². The molecule has 1 amide bonds. The van der Waals surface area contributed by atoms with Gasteiger partial charge in [-0.25, -0.2) is 0 Å². The molecule has 0 aliphatic rings. The predicted molar refractivity (Wildman–Crippen MR) is 90.9 cm³/mol. The van der Waals surface area contributed by atoms with Gasteiger partial charge in [-0.3, -0.25) is 4.79 Å². The minimum absolute atomic E-state index is 0. The summed E-state index contributed by atoms with van der Waals surface area (Å²) < 4.78 is 10.7. The highest BCUT2D eigenvalue weighted by atomic mass is 35.5. The Morgan fingerprint density at radius 2 is 1.82 bits per heavy atom. The highest BCUT2D eigenvalue weighted by Gasteiger charge is 2.29. The number of amides is 1. The lowest BCUT2D eigenvalue weighted by Gasteiger charge is -2.28. The lowest BCUT2D eigenvalue weighted by atomic mass is 9.96. The molecule has 1 atom stereocenters. The van der Waals surface area contributed by atoms with Crippen LogP contribution in [0.3, 0.4) is 0 Å². The Labute approximate surface area is 139 Å². The van der Waals surface area contributed by atoms with E-state index in [0.717, 1.165) is 17.9 Å². The third-order valence-corrected chi connectivity index (χ3v) is 3.36. The topological polar surface area (TPSA) is 64.8 Å². The van der Waals surface area contributed by atoms with Crippen molar-refractivity contribution >= 4 is 18.3 Å². The van der Waals surface area contributed by atoms with Crippen molar-refractivity contribution in [3.63, 3.8) is 0 Å². The fourth-order valence-electron chi connectivity index (χ4n) is 2.14. The summed E-state index contributed by atoms with van der Waals surface area (Å²) in [6.45, 7) is 4.73. The molecule has 0 bridgehead atoms. The van der Waals surface area contributed by atoms with Gasteiger partial charge in [-0.05, 0) is 37.6 Å². The van der Waals surface area contributed by atoms with Crippen molar-refractivity contribution in [1.82, 2.24) is 4.90 Å². The van der Waals surface area contributed by atoms with E-state index in [0.29, 0.717) is 19.6 Å². The van der Waals surface area contributed by atoms with E-state index in [1.165, 1.54) is 0 Å². The summed E-state index contributed by atoms with van der Waals surface area (Å²) in [5.74, 6) is 1.48. The first-order chi connectivity index (χ1) is 9.90. The Morgan fingerprint density at radius 3 is 2.32 bits per heavy atom. The van der Waals surface area contributed by atoms with Gasteiger partial charge in [0.2, 0.25) is 5.91 Å². The summed E-state index contributed by atoms with van der Waals surface area (Å²) in [6, 6.07) is 7.35. The summed E-state index contributed by atoms with van der Waals surface area (Å²) in [7, 11) is 3.37. The van der Waals surface area contributed by atoms with Gasteiger partial charge in [0, 0.05) is 7.05 Å². The highest BCUT2D eigenvalue weighted by molar-refractivity contribution is 5.85. The number of rotatable bonds is 8. The molecule has 2 N–H and O–H groups in total. The van der Waals surface area contributed by atoms with Crippen LogP contribution in [-0.2, 0) is 4.79 Å². The van der Waals surface area contributed by atoms with Crippen LogP contribution in [0.5, 0.6) is 11.5 Å². The number of carbonyl (C=O) groups is 1. The van der Waals surface area contributed by atoms with Crippen LogP contribution < -0.4 is 15.2 Å². The van der Waals surface area contributed by atoms with Gasteiger partial charge in [0.1, 0.15) is 18.1 Å². The predicted octanol–water partition coefficient (Wildman–Crippen LogP) is 2.47. The Bertz CT molecular complexity index is 449. The zero-order chi connectivity index (χ0) is 15.9. The molecule has 1 rings (SSSR count). The smallest absolute Gasteiger partial charge is 0.242 e. The van der Waals surface area contributed by atoms with Crippen molar-refractivity contribution in [2.45, 2.75) is 32.2 Å². The van der Waals surface area contributed by atoms with Gasteiger partial charge >= 0.3 is 0 Å². The highest BCUT2D eigenvalue weighted by Crippen LogP contribution is 2.17.